The minimum atomic E-state index is -0.854. The Labute approximate surface area is 303 Å². The number of rotatable bonds is 36. The fourth-order valence-corrected chi connectivity index (χ4v) is 5.25. The third-order valence-corrected chi connectivity index (χ3v) is 8.08. The number of unbranched alkanes of at least 4 members (excludes halogenated alkanes) is 15. The van der Waals surface area contributed by atoms with Gasteiger partial charge in [-0.25, -0.2) is 4.79 Å². The van der Waals surface area contributed by atoms with Crippen molar-refractivity contribution in [3.8, 4) is 0 Å². The topological polar surface area (TPSA) is 196 Å². The van der Waals surface area contributed by atoms with E-state index < -0.39 is 30.4 Å². The van der Waals surface area contributed by atoms with Crippen LogP contribution >= 0.6 is 0 Å². The van der Waals surface area contributed by atoms with Gasteiger partial charge in [-0.15, -0.1) is 5.06 Å². The fraction of sp³-hybridized carbons (Fsp3) is 0.833. The lowest BCUT2D eigenvalue weighted by molar-refractivity contribution is -0.200. The molecule has 0 atom stereocenters. The van der Waals surface area contributed by atoms with Gasteiger partial charge in [-0.2, -0.15) is 0 Å². The molecule has 0 aromatic carbocycles. The normalized spacial score (nSPS) is 12.7. The number of hydrogen-bond acceptors (Lipinski definition) is 11. The van der Waals surface area contributed by atoms with Crippen molar-refractivity contribution >= 4 is 35.6 Å². The number of aliphatic carboxylic acids is 1. The standard InChI is InChI=1S/C36H63N3O12/c40-31(17-15-13-11-9-7-5-3-1-2-4-6-8-10-12-14-16-18-35(44)45)37-21-23-47-25-27-49-29-32(41)38-22-24-48-26-28-50-30-36(46)51-39-33(42)19-20-34(39)43/h1-30H2,(H,37,40)(H,38,41)(H,44,45). The molecule has 294 valence electrons. The minimum absolute atomic E-state index is 0.0221. The Morgan fingerprint density at radius 1 is 0.510 bits per heavy atom. The number of carboxylic acid groups (broad SMARTS) is 1. The second-order valence-electron chi connectivity index (χ2n) is 12.6. The van der Waals surface area contributed by atoms with Gasteiger partial charge in [-0.3, -0.25) is 24.0 Å². The molecule has 0 saturated carbocycles. The van der Waals surface area contributed by atoms with Crippen LogP contribution in [0.25, 0.3) is 0 Å². The maximum Gasteiger partial charge on any atom is 0.358 e. The number of nitrogens with zero attached hydrogens (tertiary/aromatic N) is 1. The number of hydrogen-bond donors (Lipinski definition) is 3. The zero-order chi connectivity index (χ0) is 37.2. The van der Waals surface area contributed by atoms with Gasteiger partial charge in [0.25, 0.3) is 11.8 Å². The highest BCUT2D eigenvalue weighted by molar-refractivity contribution is 6.01. The molecule has 1 fully saturated rings. The molecule has 15 heteroatoms. The number of carbonyl (C=O) groups excluding carboxylic acids is 5. The average molecular weight is 730 g/mol. The minimum Gasteiger partial charge on any atom is -0.481 e. The SMILES string of the molecule is O=C(O)CCCCCCCCCCCCCCCCCCC(=O)NCCOCCOCC(=O)NCCOCCOCC(=O)ON1C(=O)CCC1=O. The predicted molar refractivity (Wildman–Crippen MR) is 187 cm³/mol. The van der Waals surface area contributed by atoms with Crippen LogP contribution in [0.1, 0.15) is 128 Å². The maximum atomic E-state index is 12.0. The molecule has 0 aromatic rings. The smallest absolute Gasteiger partial charge is 0.358 e. The van der Waals surface area contributed by atoms with Crippen molar-refractivity contribution in [2.45, 2.75) is 128 Å². The van der Waals surface area contributed by atoms with Gasteiger partial charge < -0.3 is 39.5 Å². The summed E-state index contributed by atoms with van der Waals surface area (Å²) in [5, 5.41) is 14.6. The van der Waals surface area contributed by atoms with E-state index in [4.69, 9.17) is 24.1 Å². The van der Waals surface area contributed by atoms with Crippen molar-refractivity contribution in [3.63, 3.8) is 0 Å². The number of imide groups is 1. The molecule has 1 saturated heterocycles. The van der Waals surface area contributed by atoms with E-state index >= 15 is 0 Å². The highest BCUT2D eigenvalue weighted by Gasteiger charge is 2.32. The molecule has 0 radical (unpaired) electrons. The summed E-state index contributed by atoms with van der Waals surface area (Å²) >= 11 is 0. The van der Waals surface area contributed by atoms with Gasteiger partial charge in [0.1, 0.15) is 13.2 Å². The van der Waals surface area contributed by atoms with Crippen molar-refractivity contribution in [1.29, 1.82) is 0 Å². The molecule has 0 unspecified atom stereocenters. The Hall–Kier alpha value is -3.14. The van der Waals surface area contributed by atoms with E-state index in [1.807, 2.05) is 0 Å². The Kier molecular flexibility index (Phi) is 29.5. The molecule has 3 N–H and O–H groups in total. The highest BCUT2D eigenvalue weighted by Crippen LogP contribution is 2.15. The third-order valence-electron chi connectivity index (χ3n) is 8.08. The lowest BCUT2D eigenvalue weighted by Gasteiger charge is -2.12. The maximum absolute atomic E-state index is 12.0. The van der Waals surface area contributed by atoms with E-state index in [1.165, 1.54) is 70.6 Å². The van der Waals surface area contributed by atoms with Crippen molar-refractivity contribution in [2.24, 2.45) is 0 Å². The zero-order valence-electron chi connectivity index (χ0n) is 30.6. The Balaban J connectivity index is 1.74. The summed E-state index contributed by atoms with van der Waals surface area (Å²) in [6.45, 7) is 1.57. The van der Waals surface area contributed by atoms with Crippen LogP contribution in [0.4, 0.5) is 0 Å². The molecule has 4 amide bonds. The summed E-state index contributed by atoms with van der Waals surface area (Å²) in [4.78, 5) is 73.3. The van der Waals surface area contributed by atoms with Crippen molar-refractivity contribution in [2.75, 3.05) is 65.9 Å². The summed E-state index contributed by atoms with van der Waals surface area (Å²) in [6.07, 6.45) is 19.8. The van der Waals surface area contributed by atoms with Crippen LogP contribution in [-0.2, 0) is 52.6 Å². The predicted octanol–water partition coefficient (Wildman–Crippen LogP) is 4.00. The molecule has 1 aliphatic heterocycles. The fourth-order valence-electron chi connectivity index (χ4n) is 5.25. The Bertz CT molecular complexity index is 965. The van der Waals surface area contributed by atoms with Crippen molar-refractivity contribution < 1.29 is 57.7 Å². The molecule has 1 heterocycles. The van der Waals surface area contributed by atoms with Crippen molar-refractivity contribution in [3.05, 3.63) is 0 Å². The third kappa shape index (κ3) is 29.2. The van der Waals surface area contributed by atoms with E-state index in [2.05, 4.69) is 15.5 Å². The number of amides is 4. The lowest BCUT2D eigenvalue weighted by atomic mass is 10.0. The van der Waals surface area contributed by atoms with Gasteiger partial charge >= 0.3 is 11.9 Å². The van der Waals surface area contributed by atoms with E-state index in [9.17, 15) is 28.8 Å². The Morgan fingerprint density at radius 2 is 0.902 bits per heavy atom. The molecular weight excluding hydrogens is 666 g/mol. The van der Waals surface area contributed by atoms with E-state index in [-0.39, 0.29) is 64.2 Å². The lowest BCUT2D eigenvalue weighted by Crippen LogP contribution is -2.33. The van der Waals surface area contributed by atoms with Gasteiger partial charge in [-0.1, -0.05) is 89.9 Å². The zero-order valence-corrected chi connectivity index (χ0v) is 30.6. The second-order valence-corrected chi connectivity index (χ2v) is 12.6. The van der Waals surface area contributed by atoms with Crippen LogP contribution in [0, 0.1) is 0 Å². The Morgan fingerprint density at radius 3 is 1.37 bits per heavy atom. The summed E-state index contributed by atoms with van der Waals surface area (Å²) in [5.74, 6) is -2.91. The first kappa shape index (κ1) is 45.9. The molecule has 0 aliphatic carbocycles. The number of ether oxygens (including phenoxy) is 4. The molecule has 51 heavy (non-hydrogen) atoms. The van der Waals surface area contributed by atoms with Crippen LogP contribution < -0.4 is 10.6 Å². The first-order valence-corrected chi connectivity index (χ1v) is 18.9. The van der Waals surface area contributed by atoms with E-state index in [1.54, 1.807) is 0 Å². The number of carboxylic acids is 1. The van der Waals surface area contributed by atoms with Gasteiger partial charge in [0.05, 0.1) is 39.6 Å². The largest absolute Gasteiger partial charge is 0.481 e. The highest BCUT2D eigenvalue weighted by atomic mass is 16.7. The summed E-state index contributed by atoms with van der Waals surface area (Å²) < 4.78 is 21.1. The number of carbonyl (C=O) groups is 6. The molecule has 0 spiro atoms. The molecule has 1 aliphatic rings. The second kappa shape index (κ2) is 32.7. The summed E-state index contributed by atoms with van der Waals surface area (Å²) in [5.41, 5.74) is 0. The summed E-state index contributed by atoms with van der Waals surface area (Å²) in [6, 6.07) is 0. The molecule has 1 rings (SSSR count). The number of nitrogens with one attached hydrogen (secondary N) is 2. The van der Waals surface area contributed by atoms with E-state index in [0.717, 1.165) is 32.1 Å². The van der Waals surface area contributed by atoms with E-state index in [0.29, 0.717) is 37.7 Å². The quantitative estimate of drug-likeness (QED) is 0.0621. The first-order chi connectivity index (χ1) is 24.8. The van der Waals surface area contributed by atoms with Crippen LogP contribution in [0.5, 0.6) is 0 Å². The number of hydroxylamine groups is 2. The van der Waals surface area contributed by atoms with Crippen LogP contribution in [0.3, 0.4) is 0 Å². The molecule has 0 bridgehead atoms. The molecular formula is C36H63N3O12. The van der Waals surface area contributed by atoms with Crippen molar-refractivity contribution in [1.82, 2.24) is 15.7 Å². The average Bonchev–Trinajstić information content (AvgIpc) is 3.41. The van der Waals surface area contributed by atoms with Crippen LogP contribution in [0.15, 0.2) is 0 Å². The van der Waals surface area contributed by atoms with Gasteiger partial charge in [0.15, 0.2) is 0 Å². The molecule has 0 aromatic heterocycles. The molecule has 15 nitrogen and oxygen atoms in total. The summed E-state index contributed by atoms with van der Waals surface area (Å²) in [7, 11) is 0. The van der Waals surface area contributed by atoms with Crippen LogP contribution in [0.2, 0.25) is 0 Å². The first-order valence-electron chi connectivity index (χ1n) is 18.9. The monoisotopic (exact) mass is 729 g/mol. The van der Waals surface area contributed by atoms with Gasteiger partial charge in [0.2, 0.25) is 11.8 Å². The van der Waals surface area contributed by atoms with Gasteiger partial charge in [-0.05, 0) is 12.8 Å². The van der Waals surface area contributed by atoms with Gasteiger partial charge in [0, 0.05) is 38.8 Å². The van der Waals surface area contributed by atoms with Crippen LogP contribution in [-0.4, -0.2) is 112 Å².